The molecule has 0 unspecified atom stereocenters. The molecular formula is C18H31NO4. The number of nitrogens with zero attached hydrogens (tertiary/aromatic N) is 1. The highest BCUT2D eigenvalue weighted by Crippen LogP contribution is 2.25. The number of carboxylic acids is 1. The summed E-state index contributed by atoms with van der Waals surface area (Å²) in [6.07, 6.45) is 9.33. The molecule has 1 amide bonds. The maximum atomic E-state index is 12.8. The molecular weight excluding hydrogens is 294 g/mol. The van der Waals surface area contributed by atoms with Crippen molar-refractivity contribution in [1.82, 2.24) is 4.90 Å². The lowest BCUT2D eigenvalue weighted by Gasteiger charge is -2.36. The minimum atomic E-state index is -0.750. The standard InChI is InChI=1S/C18H31NO4/c1-2-16(23-15-8-4-3-5-9-15)18(22)19-12-6-7-14(13-19)10-11-17(20)21/h14-16H,2-13H2,1H3,(H,20,21)/t14-,16+/m0/s1. The largest absolute Gasteiger partial charge is 0.481 e. The summed E-state index contributed by atoms with van der Waals surface area (Å²) >= 11 is 0. The zero-order chi connectivity index (χ0) is 16.7. The van der Waals surface area contributed by atoms with Crippen molar-refractivity contribution in [2.75, 3.05) is 13.1 Å². The molecule has 2 fully saturated rings. The normalized spacial score (nSPS) is 24.4. The molecule has 1 aliphatic heterocycles. The average Bonchev–Trinajstić information content (AvgIpc) is 2.58. The molecule has 1 N–H and O–H groups in total. The van der Waals surface area contributed by atoms with Gasteiger partial charge in [-0.05, 0) is 44.4 Å². The summed E-state index contributed by atoms with van der Waals surface area (Å²) in [7, 11) is 0. The molecule has 23 heavy (non-hydrogen) atoms. The third-order valence-corrected chi connectivity index (χ3v) is 5.15. The van der Waals surface area contributed by atoms with E-state index in [0.29, 0.717) is 25.3 Å². The minimum absolute atomic E-state index is 0.109. The Bertz CT molecular complexity index is 392. The molecule has 1 heterocycles. The molecule has 2 atom stereocenters. The zero-order valence-corrected chi connectivity index (χ0v) is 14.3. The second-order valence-corrected chi connectivity index (χ2v) is 7.02. The molecule has 0 radical (unpaired) electrons. The number of aliphatic carboxylic acids is 1. The minimum Gasteiger partial charge on any atom is -0.481 e. The van der Waals surface area contributed by atoms with Crippen LogP contribution in [0.2, 0.25) is 0 Å². The summed E-state index contributed by atoms with van der Waals surface area (Å²) in [5, 5.41) is 8.83. The highest BCUT2D eigenvalue weighted by Gasteiger charge is 2.30. The molecule has 1 aliphatic carbocycles. The van der Waals surface area contributed by atoms with Crippen LogP contribution in [-0.2, 0) is 14.3 Å². The maximum Gasteiger partial charge on any atom is 0.303 e. The van der Waals surface area contributed by atoms with Gasteiger partial charge in [-0.1, -0.05) is 26.2 Å². The van der Waals surface area contributed by atoms with E-state index >= 15 is 0 Å². The van der Waals surface area contributed by atoms with Gasteiger partial charge in [-0.2, -0.15) is 0 Å². The van der Waals surface area contributed by atoms with Gasteiger partial charge in [0.1, 0.15) is 6.10 Å². The summed E-state index contributed by atoms with van der Waals surface area (Å²) in [6, 6.07) is 0. The molecule has 132 valence electrons. The van der Waals surface area contributed by atoms with Gasteiger partial charge >= 0.3 is 5.97 Å². The Balaban J connectivity index is 1.84. The molecule has 0 aromatic rings. The van der Waals surface area contributed by atoms with E-state index in [9.17, 15) is 9.59 Å². The maximum absolute atomic E-state index is 12.8. The number of likely N-dealkylation sites (tertiary alicyclic amines) is 1. The number of hydrogen-bond donors (Lipinski definition) is 1. The third-order valence-electron chi connectivity index (χ3n) is 5.15. The van der Waals surface area contributed by atoms with Crippen LogP contribution in [0, 0.1) is 5.92 Å². The predicted octanol–water partition coefficient (Wildman–Crippen LogP) is 3.22. The van der Waals surface area contributed by atoms with Crippen molar-refractivity contribution in [3.8, 4) is 0 Å². The Morgan fingerprint density at radius 3 is 2.57 bits per heavy atom. The fraction of sp³-hybridized carbons (Fsp3) is 0.889. The number of carbonyl (C=O) groups excluding carboxylic acids is 1. The second kappa shape index (κ2) is 9.26. The number of hydrogen-bond acceptors (Lipinski definition) is 3. The van der Waals surface area contributed by atoms with E-state index < -0.39 is 5.97 Å². The van der Waals surface area contributed by atoms with Crippen molar-refractivity contribution in [2.45, 2.75) is 83.3 Å². The van der Waals surface area contributed by atoms with E-state index in [0.717, 1.165) is 32.2 Å². The van der Waals surface area contributed by atoms with Gasteiger partial charge in [-0.25, -0.2) is 0 Å². The number of rotatable bonds is 7. The summed E-state index contributed by atoms with van der Waals surface area (Å²) in [4.78, 5) is 25.4. The van der Waals surface area contributed by atoms with E-state index in [2.05, 4.69) is 0 Å². The fourth-order valence-electron chi connectivity index (χ4n) is 3.79. The molecule has 0 bridgehead atoms. The van der Waals surface area contributed by atoms with E-state index in [1.165, 1.54) is 19.3 Å². The number of piperidine rings is 1. The lowest BCUT2D eigenvalue weighted by atomic mass is 9.93. The lowest BCUT2D eigenvalue weighted by molar-refractivity contribution is -0.151. The van der Waals surface area contributed by atoms with Crippen LogP contribution < -0.4 is 0 Å². The molecule has 2 aliphatic rings. The molecule has 0 spiro atoms. The Labute approximate surface area is 139 Å². The predicted molar refractivity (Wildman–Crippen MR) is 88.2 cm³/mol. The summed E-state index contributed by atoms with van der Waals surface area (Å²) < 4.78 is 6.10. The van der Waals surface area contributed by atoms with Crippen LogP contribution in [0.1, 0.15) is 71.1 Å². The number of ether oxygens (including phenoxy) is 1. The van der Waals surface area contributed by atoms with Crippen LogP contribution >= 0.6 is 0 Å². The molecule has 0 aromatic heterocycles. The van der Waals surface area contributed by atoms with Crippen molar-refractivity contribution in [3.05, 3.63) is 0 Å². The van der Waals surface area contributed by atoms with Crippen molar-refractivity contribution in [1.29, 1.82) is 0 Å². The quantitative estimate of drug-likeness (QED) is 0.780. The molecule has 2 rings (SSSR count). The van der Waals surface area contributed by atoms with Crippen LogP contribution in [-0.4, -0.2) is 47.2 Å². The average molecular weight is 325 g/mol. The first-order valence-electron chi connectivity index (χ1n) is 9.26. The van der Waals surface area contributed by atoms with E-state index in [1.54, 1.807) is 0 Å². The molecule has 0 aromatic carbocycles. The van der Waals surface area contributed by atoms with Gasteiger partial charge in [-0.3, -0.25) is 9.59 Å². The lowest BCUT2D eigenvalue weighted by Crippen LogP contribution is -2.46. The van der Waals surface area contributed by atoms with Gasteiger partial charge in [0.15, 0.2) is 0 Å². The second-order valence-electron chi connectivity index (χ2n) is 7.02. The first kappa shape index (κ1) is 18.2. The SMILES string of the molecule is CC[C@@H](OC1CCCCC1)C(=O)N1CCC[C@@H](CCC(=O)O)C1. The van der Waals surface area contributed by atoms with Gasteiger partial charge in [0.05, 0.1) is 6.10 Å². The Kier molecular flexibility index (Phi) is 7.34. The van der Waals surface area contributed by atoms with Gasteiger partial charge < -0.3 is 14.7 Å². The fourth-order valence-corrected chi connectivity index (χ4v) is 3.79. The Morgan fingerprint density at radius 1 is 1.17 bits per heavy atom. The molecule has 1 saturated carbocycles. The third kappa shape index (κ3) is 5.79. The first-order chi connectivity index (χ1) is 11.1. The number of carbonyl (C=O) groups is 2. The van der Waals surface area contributed by atoms with Crippen LogP contribution in [0.4, 0.5) is 0 Å². The van der Waals surface area contributed by atoms with Gasteiger partial charge in [0.2, 0.25) is 0 Å². The summed E-state index contributed by atoms with van der Waals surface area (Å²) in [5.41, 5.74) is 0. The Morgan fingerprint density at radius 2 is 1.91 bits per heavy atom. The van der Waals surface area contributed by atoms with Crippen LogP contribution in [0.25, 0.3) is 0 Å². The highest BCUT2D eigenvalue weighted by molar-refractivity contribution is 5.81. The van der Waals surface area contributed by atoms with Crippen molar-refractivity contribution < 1.29 is 19.4 Å². The first-order valence-corrected chi connectivity index (χ1v) is 9.26. The molecule has 5 heteroatoms. The topological polar surface area (TPSA) is 66.8 Å². The summed E-state index contributed by atoms with van der Waals surface area (Å²) in [6.45, 7) is 3.49. The number of carboxylic acid groups (broad SMARTS) is 1. The Hall–Kier alpha value is -1.10. The van der Waals surface area contributed by atoms with Gasteiger partial charge in [0.25, 0.3) is 5.91 Å². The van der Waals surface area contributed by atoms with Gasteiger partial charge in [-0.15, -0.1) is 0 Å². The summed E-state index contributed by atoms with van der Waals surface area (Å²) in [5.74, 6) is -0.324. The van der Waals surface area contributed by atoms with Crippen molar-refractivity contribution >= 4 is 11.9 Å². The highest BCUT2D eigenvalue weighted by atomic mass is 16.5. The monoisotopic (exact) mass is 325 g/mol. The zero-order valence-electron chi connectivity index (χ0n) is 14.3. The van der Waals surface area contributed by atoms with E-state index in [4.69, 9.17) is 9.84 Å². The van der Waals surface area contributed by atoms with E-state index in [-0.39, 0.29) is 24.5 Å². The van der Waals surface area contributed by atoms with Gasteiger partial charge in [0, 0.05) is 19.5 Å². The number of amides is 1. The van der Waals surface area contributed by atoms with Crippen LogP contribution in [0.3, 0.4) is 0 Å². The van der Waals surface area contributed by atoms with E-state index in [1.807, 2.05) is 11.8 Å². The van der Waals surface area contributed by atoms with Crippen LogP contribution in [0.15, 0.2) is 0 Å². The molecule has 5 nitrogen and oxygen atoms in total. The van der Waals surface area contributed by atoms with Crippen molar-refractivity contribution in [3.63, 3.8) is 0 Å². The molecule has 1 saturated heterocycles. The smallest absolute Gasteiger partial charge is 0.303 e. The van der Waals surface area contributed by atoms with Crippen molar-refractivity contribution in [2.24, 2.45) is 5.92 Å². The van der Waals surface area contributed by atoms with Crippen LogP contribution in [0.5, 0.6) is 0 Å².